The lowest BCUT2D eigenvalue weighted by molar-refractivity contribution is 0.613. The molecular formula is C15H12BrClFN. The van der Waals surface area contributed by atoms with Gasteiger partial charge in [-0.05, 0) is 58.1 Å². The van der Waals surface area contributed by atoms with Gasteiger partial charge in [-0.2, -0.15) is 0 Å². The molecule has 0 radical (unpaired) electrons. The highest BCUT2D eigenvalue weighted by Crippen LogP contribution is 2.37. The minimum Gasteiger partial charge on any atom is -0.378 e. The van der Waals surface area contributed by atoms with E-state index < -0.39 is 0 Å². The molecule has 2 aromatic rings. The Bertz CT molecular complexity index is 630. The van der Waals surface area contributed by atoms with Crippen molar-refractivity contribution < 1.29 is 4.39 Å². The molecule has 0 saturated heterocycles. The van der Waals surface area contributed by atoms with Gasteiger partial charge < -0.3 is 5.32 Å². The summed E-state index contributed by atoms with van der Waals surface area (Å²) in [6.45, 7) is 0. The van der Waals surface area contributed by atoms with Gasteiger partial charge in [0.1, 0.15) is 5.82 Å². The number of anilines is 1. The summed E-state index contributed by atoms with van der Waals surface area (Å²) in [7, 11) is 0. The van der Waals surface area contributed by atoms with Crippen LogP contribution < -0.4 is 5.32 Å². The van der Waals surface area contributed by atoms with E-state index in [9.17, 15) is 4.39 Å². The Morgan fingerprint density at radius 1 is 1.26 bits per heavy atom. The maximum atomic E-state index is 13.6. The first-order valence-electron chi connectivity index (χ1n) is 6.14. The molecule has 3 rings (SSSR count). The van der Waals surface area contributed by atoms with Crippen molar-refractivity contribution in [1.82, 2.24) is 0 Å². The quantitative estimate of drug-likeness (QED) is 0.739. The highest BCUT2D eigenvalue weighted by atomic mass is 79.9. The minimum atomic E-state index is -0.244. The van der Waals surface area contributed by atoms with Crippen LogP contribution in [-0.4, -0.2) is 0 Å². The second-order valence-corrected chi connectivity index (χ2v) is 5.94. The monoisotopic (exact) mass is 339 g/mol. The van der Waals surface area contributed by atoms with Crippen molar-refractivity contribution in [2.75, 3.05) is 5.32 Å². The maximum absolute atomic E-state index is 13.6. The molecule has 0 saturated carbocycles. The predicted molar refractivity (Wildman–Crippen MR) is 80.2 cm³/mol. The average molecular weight is 341 g/mol. The molecule has 1 heterocycles. The molecule has 0 spiro atoms. The lowest BCUT2D eigenvalue weighted by Gasteiger charge is -2.28. The van der Waals surface area contributed by atoms with Crippen LogP contribution in [0.4, 0.5) is 10.1 Å². The molecule has 0 amide bonds. The van der Waals surface area contributed by atoms with E-state index in [4.69, 9.17) is 11.6 Å². The van der Waals surface area contributed by atoms with Gasteiger partial charge in [0.05, 0.1) is 10.5 Å². The Morgan fingerprint density at radius 3 is 2.84 bits per heavy atom. The summed E-state index contributed by atoms with van der Waals surface area (Å²) in [5.74, 6) is -0.244. The van der Waals surface area contributed by atoms with Gasteiger partial charge in [0.2, 0.25) is 0 Å². The van der Waals surface area contributed by atoms with Crippen LogP contribution in [0.15, 0.2) is 40.9 Å². The number of fused-ring (bicyclic) bond motifs is 1. The average Bonchev–Trinajstić information content (AvgIpc) is 2.40. The molecule has 1 atom stereocenters. The fourth-order valence-electron chi connectivity index (χ4n) is 2.48. The Balaban J connectivity index is 1.94. The zero-order valence-corrected chi connectivity index (χ0v) is 12.4. The van der Waals surface area contributed by atoms with Crippen molar-refractivity contribution in [1.29, 1.82) is 0 Å². The number of nitrogens with one attached hydrogen (secondary N) is 1. The molecule has 4 heteroatoms. The molecule has 1 nitrogen and oxygen atoms in total. The summed E-state index contributed by atoms with van der Waals surface area (Å²) in [4.78, 5) is 0. The first-order valence-corrected chi connectivity index (χ1v) is 7.31. The molecule has 0 aliphatic carbocycles. The van der Waals surface area contributed by atoms with Crippen molar-refractivity contribution in [2.45, 2.75) is 18.9 Å². The summed E-state index contributed by atoms with van der Waals surface area (Å²) in [6.07, 6.45) is 1.87. The molecule has 2 aromatic carbocycles. The summed E-state index contributed by atoms with van der Waals surface area (Å²) in [6, 6.07) is 11.3. The number of benzene rings is 2. The van der Waals surface area contributed by atoms with Gasteiger partial charge in [0.25, 0.3) is 0 Å². The maximum Gasteiger partial charge on any atom is 0.139 e. The number of hydrogen-bond donors (Lipinski definition) is 1. The van der Waals surface area contributed by atoms with Gasteiger partial charge in [-0.1, -0.05) is 29.8 Å². The van der Waals surface area contributed by atoms with Crippen LogP contribution in [-0.2, 0) is 6.42 Å². The summed E-state index contributed by atoms with van der Waals surface area (Å²) < 4.78 is 14.1. The largest absolute Gasteiger partial charge is 0.378 e. The van der Waals surface area contributed by atoms with Gasteiger partial charge in [-0.3, -0.25) is 0 Å². The smallest absolute Gasteiger partial charge is 0.139 e. The van der Waals surface area contributed by atoms with Crippen LogP contribution in [0.1, 0.15) is 23.6 Å². The van der Waals surface area contributed by atoms with Gasteiger partial charge in [-0.25, -0.2) is 4.39 Å². The number of hydrogen-bond acceptors (Lipinski definition) is 1. The summed E-state index contributed by atoms with van der Waals surface area (Å²) in [5, 5.41) is 4.13. The molecule has 1 N–H and O–H groups in total. The molecule has 0 bridgehead atoms. The van der Waals surface area contributed by atoms with E-state index in [-0.39, 0.29) is 11.9 Å². The van der Waals surface area contributed by atoms with Crippen LogP contribution in [0, 0.1) is 5.82 Å². The molecule has 1 aliphatic rings. The van der Waals surface area contributed by atoms with E-state index in [1.54, 1.807) is 6.07 Å². The molecule has 1 unspecified atom stereocenters. The lowest BCUT2D eigenvalue weighted by Crippen LogP contribution is -2.18. The van der Waals surface area contributed by atoms with Crippen molar-refractivity contribution >= 4 is 33.2 Å². The predicted octanol–water partition coefficient (Wildman–Crippen LogP) is 5.34. The van der Waals surface area contributed by atoms with Crippen molar-refractivity contribution in [3.8, 4) is 0 Å². The fourth-order valence-corrected chi connectivity index (χ4v) is 3.14. The van der Waals surface area contributed by atoms with E-state index in [1.807, 2.05) is 30.3 Å². The van der Waals surface area contributed by atoms with Crippen LogP contribution in [0.3, 0.4) is 0 Å². The third kappa shape index (κ3) is 2.49. The number of aryl methyl sites for hydroxylation is 1. The molecule has 19 heavy (non-hydrogen) atoms. The molecule has 1 aliphatic heterocycles. The highest BCUT2D eigenvalue weighted by molar-refractivity contribution is 9.10. The number of halogens is 3. The van der Waals surface area contributed by atoms with E-state index in [1.165, 1.54) is 0 Å². The van der Waals surface area contributed by atoms with Gasteiger partial charge in [-0.15, -0.1) is 0 Å². The minimum absolute atomic E-state index is 0.141. The zero-order valence-electron chi connectivity index (χ0n) is 10.1. The third-order valence-electron chi connectivity index (χ3n) is 3.46. The van der Waals surface area contributed by atoms with Crippen LogP contribution in [0.25, 0.3) is 0 Å². The Hall–Kier alpha value is -1.06. The van der Waals surface area contributed by atoms with E-state index in [2.05, 4.69) is 21.2 Å². The molecule has 98 valence electrons. The van der Waals surface area contributed by atoms with Crippen molar-refractivity contribution in [3.63, 3.8) is 0 Å². The van der Waals surface area contributed by atoms with Crippen LogP contribution in [0.5, 0.6) is 0 Å². The standard InChI is InChI=1S/C15H12BrClFN/c16-11-7-9-5-6-14(19-15(9)8-13(11)18)10-3-1-2-4-12(10)17/h1-4,7-8,14,19H,5-6H2. The second kappa shape index (κ2) is 5.14. The molecule has 0 aromatic heterocycles. The zero-order chi connectivity index (χ0) is 13.4. The number of rotatable bonds is 1. The SMILES string of the molecule is Fc1cc2c(cc1Br)CCC(c1ccccc1Cl)N2. The van der Waals surface area contributed by atoms with Crippen molar-refractivity contribution in [3.05, 3.63) is 62.8 Å². The second-order valence-electron chi connectivity index (χ2n) is 4.68. The normalized spacial score (nSPS) is 17.7. The first-order chi connectivity index (χ1) is 9.15. The Labute approximate surface area is 124 Å². The Kier molecular flexibility index (Phi) is 3.50. The van der Waals surface area contributed by atoms with Crippen LogP contribution >= 0.6 is 27.5 Å². The van der Waals surface area contributed by atoms with E-state index in [0.29, 0.717) is 4.47 Å². The van der Waals surface area contributed by atoms with Gasteiger partial charge in [0.15, 0.2) is 0 Å². The summed E-state index contributed by atoms with van der Waals surface area (Å²) >= 11 is 9.44. The van der Waals surface area contributed by atoms with Crippen LogP contribution in [0.2, 0.25) is 5.02 Å². The van der Waals surface area contributed by atoms with Crippen molar-refractivity contribution in [2.24, 2.45) is 0 Å². The molecular weight excluding hydrogens is 329 g/mol. The Morgan fingerprint density at radius 2 is 2.05 bits per heavy atom. The van der Waals surface area contributed by atoms with Gasteiger partial charge in [0, 0.05) is 10.7 Å². The lowest BCUT2D eigenvalue weighted by atomic mass is 9.93. The topological polar surface area (TPSA) is 12.0 Å². The van der Waals surface area contributed by atoms with Gasteiger partial charge >= 0.3 is 0 Å². The fraction of sp³-hybridized carbons (Fsp3) is 0.200. The third-order valence-corrected chi connectivity index (χ3v) is 4.41. The summed E-state index contributed by atoms with van der Waals surface area (Å²) in [5.41, 5.74) is 3.06. The van der Waals surface area contributed by atoms with E-state index in [0.717, 1.165) is 34.7 Å². The highest BCUT2D eigenvalue weighted by Gasteiger charge is 2.22. The molecule has 0 fully saturated rings. The first kappa shape index (κ1) is 12.9. The van der Waals surface area contributed by atoms with E-state index >= 15 is 0 Å².